The van der Waals surface area contributed by atoms with E-state index >= 15 is 0 Å². The lowest BCUT2D eigenvalue weighted by atomic mass is 10.2. The molecule has 0 aliphatic rings. The van der Waals surface area contributed by atoms with Crippen molar-refractivity contribution in [2.75, 3.05) is 0 Å². The van der Waals surface area contributed by atoms with Gasteiger partial charge in [0.25, 0.3) is 0 Å². The summed E-state index contributed by atoms with van der Waals surface area (Å²) in [6.07, 6.45) is 0. The third kappa shape index (κ3) is 2.03. The van der Waals surface area contributed by atoms with Crippen molar-refractivity contribution in [3.05, 3.63) is 33.6 Å². The highest BCUT2D eigenvalue weighted by molar-refractivity contribution is 5.92. The summed E-state index contributed by atoms with van der Waals surface area (Å²) in [4.78, 5) is 13.7. The van der Waals surface area contributed by atoms with Crippen molar-refractivity contribution in [3.63, 3.8) is 0 Å². The number of carbonyl (C=O) groups excluding carboxylic acids is 1. The molecule has 0 fully saturated rings. The molecule has 7 heteroatoms. The smallest absolute Gasteiger partial charge is 0.301 e. The molecule has 0 saturated heterocycles. The van der Waals surface area contributed by atoms with Crippen molar-refractivity contribution < 1.29 is 9.21 Å². The zero-order valence-electron chi connectivity index (χ0n) is 7.52. The molecule has 0 atom stereocenters. The Kier molecular flexibility index (Phi) is 3.11. The fourth-order valence-corrected chi connectivity index (χ4v) is 1.02. The van der Waals surface area contributed by atoms with Crippen LogP contribution in [0.25, 0.3) is 10.4 Å². The van der Waals surface area contributed by atoms with Crippen molar-refractivity contribution in [2.45, 2.75) is 13.5 Å². The number of nitrogen functional groups attached to an aromatic ring is 1. The first-order valence-electron chi connectivity index (χ1n) is 3.80. The lowest BCUT2D eigenvalue weighted by Crippen LogP contribution is -2.30. The van der Waals surface area contributed by atoms with E-state index in [4.69, 9.17) is 15.8 Å². The molecule has 0 spiro atoms. The largest absolute Gasteiger partial charge is 0.455 e. The van der Waals surface area contributed by atoms with Gasteiger partial charge in [0.15, 0.2) is 5.76 Å². The maximum atomic E-state index is 11.1. The number of hydrogen-bond acceptors (Lipinski definition) is 4. The number of furan rings is 1. The van der Waals surface area contributed by atoms with Crippen LogP contribution in [0.2, 0.25) is 0 Å². The lowest BCUT2D eigenvalue weighted by molar-refractivity contribution is 0.0923. The molecule has 3 N–H and O–H groups in total. The second kappa shape index (κ2) is 4.31. The number of nitrogens with two attached hydrogens (primary N) is 1. The molecule has 0 unspecified atom stereocenters. The highest BCUT2D eigenvalue weighted by Gasteiger charge is 2.13. The van der Waals surface area contributed by atoms with Gasteiger partial charge in [-0.2, -0.15) is 0 Å². The Morgan fingerprint density at radius 3 is 3.14 bits per heavy atom. The minimum atomic E-state index is -0.505. The minimum Gasteiger partial charge on any atom is -0.455 e. The Bertz CT molecular complexity index is 391. The first kappa shape index (κ1) is 10.1. The van der Waals surface area contributed by atoms with Crippen molar-refractivity contribution in [1.29, 1.82) is 0 Å². The van der Waals surface area contributed by atoms with E-state index < -0.39 is 5.91 Å². The van der Waals surface area contributed by atoms with E-state index in [-0.39, 0.29) is 12.3 Å². The van der Waals surface area contributed by atoms with Gasteiger partial charge in [-0.1, -0.05) is 5.11 Å². The number of amides is 1. The average molecular weight is 195 g/mol. The highest BCUT2D eigenvalue weighted by Crippen LogP contribution is 2.15. The van der Waals surface area contributed by atoms with Gasteiger partial charge in [0.2, 0.25) is 0 Å². The summed E-state index contributed by atoms with van der Waals surface area (Å²) in [6.45, 7) is 1.78. The van der Waals surface area contributed by atoms with Crippen molar-refractivity contribution >= 4 is 5.91 Å². The zero-order chi connectivity index (χ0) is 10.6. The first-order chi connectivity index (χ1) is 6.69. The van der Waals surface area contributed by atoms with Crippen LogP contribution in [0.1, 0.15) is 21.9 Å². The number of nitrogens with zero attached hydrogens (tertiary/aromatic N) is 3. The van der Waals surface area contributed by atoms with Crippen LogP contribution in [0, 0.1) is 6.92 Å². The Balaban J connectivity index is 2.92. The molecule has 0 aliphatic carbocycles. The molecule has 1 rings (SSSR count). The topological polar surface area (TPSA) is 117 Å². The SMILES string of the molecule is Cc1cc(CN=[N+]=[N-])oc1C(=O)NN. The summed E-state index contributed by atoms with van der Waals surface area (Å²) in [5.41, 5.74) is 10.7. The number of hydrogen-bond donors (Lipinski definition) is 2. The predicted molar refractivity (Wildman–Crippen MR) is 47.9 cm³/mol. The summed E-state index contributed by atoms with van der Waals surface area (Å²) in [7, 11) is 0. The number of nitrogens with one attached hydrogen (secondary N) is 1. The van der Waals surface area contributed by atoms with Gasteiger partial charge >= 0.3 is 5.91 Å². The van der Waals surface area contributed by atoms with Gasteiger partial charge < -0.3 is 4.42 Å². The molecule has 0 aliphatic heterocycles. The lowest BCUT2D eigenvalue weighted by Gasteiger charge is -1.94. The van der Waals surface area contributed by atoms with E-state index in [0.29, 0.717) is 11.3 Å². The number of aryl methyl sites for hydroxylation is 1. The predicted octanol–water partition coefficient (Wildman–Crippen LogP) is 1.00. The molecule has 0 radical (unpaired) electrons. The van der Waals surface area contributed by atoms with Gasteiger partial charge in [-0.25, -0.2) is 5.84 Å². The van der Waals surface area contributed by atoms with Gasteiger partial charge in [0.1, 0.15) is 5.76 Å². The van der Waals surface area contributed by atoms with Crippen molar-refractivity contribution in [3.8, 4) is 0 Å². The maximum absolute atomic E-state index is 11.1. The van der Waals surface area contributed by atoms with Crippen molar-refractivity contribution in [1.82, 2.24) is 5.43 Å². The Hall–Kier alpha value is -1.98. The van der Waals surface area contributed by atoms with Crippen LogP contribution in [0.4, 0.5) is 0 Å². The van der Waals surface area contributed by atoms with Crippen LogP contribution < -0.4 is 11.3 Å². The summed E-state index contributed by atoms with van der Waals surface area (Å²) in [5, 5.41) is 3.31. The number of rotatable bonds is 3. The van der Waals surface area contributed by atoms with Crippen LogP contribution >= 0.6 is 0 Å². The van der Waals surface area contributed by atoms with Gasteiger partial charge in [-0.3, -0.25) is 10.2 Å². The van der Waals surface area contributed by atoms with Crippen LogP contribution in [0.3, 0.4) is 0 Å². The number of azide groups is 1. The quantitative estimate of drug-likeness (QED) is 0.187. The molecular formula is C7H9N5O2. The molecule has 0 saturated carbocycles. The van der Waals surface area contributed by atoms with E-state index in [0.717, 1.165) is 0 Å². The monoisotopic (exact) mass is 195 g/mol. The molecule has 1 aromatic rings. The zero-order valence-corrected chi connectivity index (χ0v) is 7.52. The molecule has 0 bridgehead atoms. The Morgan fingerprint density at radius 1 is 1.86 bits per heavy atom. The number of hydrazine groups is 1. The second-order valence-corrected chi connectivity index (χ2v) is 2.59. The fraction of sp³-hybridized carbons (Fsp3) is 0.286. The third-order valence-electron chi connectivity index (χ3n) is 1.60. The summed E-state index contributed by atoms with van der Waals surface area (Å²) >= 11 is 0. The van der Waals surface area contributed by atoms with Crippen LogP contribution in [0.15, 0.2) is 15.6 Å². The first-order valence-corrected chi connectivity index (χ1v) is 3.80. The fourth-order valence-electron chi connectivity index (χ4n) is 1.02. The van der Waals surface area contributed by atoms with Gasteiger partial charge in [-0.05, 0) is 18.5 Å². The van der Waals surface area contributed by atoms with Crippen LogP contribution in [0.5, 0.6) is 0 Å². The van der Waals surface area contributed by atoms with Gasteiger partial charge in [0, 0.05) is 10.5 Å². The molecule has 14 heavy (non-hydrogen) atoms. The van der Waals surface area contributed by atoms with Crippen LogP contribution in [-0.4, -0.2) is 5.91 Å². The molecule has 1 amide bonds. The van der Waals surface area contributed by atoms with E-state index in [1.54, 1.807) is 13.0 Å². The summed E-state index contributed by atoms with van der Waals surface area (Å²) in [5.74, 6) is 5.00. The van der Waals surface area contributed by atoms with E-state index in [9.17, 15) is 4.79 Å². The molecule has 1 heterocycles. The molecule has 1 aromatic heterocycles. The second-order valence-electron chi connectivity index (χ2n) is 2.59. The maximum Gasteiger partial charge on any atom is 0.301 e. The standard InChI is InChI=1S/C7H9N5O2/c1-4-2-5(3-10-12-9)14-6(4)7(13)11-8/h2H,3,8H2,1H3,(H,11,13). The molecule has 7 nitrogen and oxygen atoms in total. The highest BCUT2D eigenvalue weighted by atomic mass is 16.4. The molecular weight excluding hydrogens is 186 g/mol. The van der Waals surface area contributed by atoms with Crippen molar-refractivity contribution in [2.24, 2.45) is 11.0 Å². The third-order valence-corrected chi connectivity index (χ3v) is 1.60. The van der Waals surface area contributed by atoms with Gasteiger partial charge in [-0.15, -0.1) is 0 Å². The number of carbonyl (C=O) groups is 1. The normalized spacial score (nSPS) is 9.29. The average Bonchev–Trinajstić information content (AvgIpc) is 2.55. The minimum absolute atomic E-state index is 0.0786. The van der Waals surface area contributed by atoms with Gasteiger partial charge in [0.05, 0.1) is 6.54 Å². The summed E-state index contributed by atoms with van der Waals surface area (Å²) < 4.78 is 5.11. The van der Waals surface area contributed by atoms with E-state index in [2.05, 4.69) is 10.0 Å². The molecule has 74 valence electrons. The molecule has 0 aromatic carbocycles. The van der Waals surface area contributed by atoms with E-state index in [1.807, 2.05) is 5.43 Å². The van der Waals surface area contributed by atoms with Crippen LogP contribution in [-0.2, 0) is 6.54 Å². The van der Waals surface area contributed by atoms with E-state index in [1.165, 1.54) is 0 Å². The Labute approximate surface area is 79.5 Å². The summed E-state index contributed by atoms with van der Waals surface area (Å²) in [6, 6.07) is 1.62. The Morgan fingerprint density at radius 2 is 2.57 bits per heavy atom.